The largest absolute Gasteiger partial charge is 0.508 e. The van der Waals surface area contributed by atoms with Crippen LogP contribution in [0.2, 0.25) is 0 Å². The number of hydrogen-bond acceptors (Lipinski definition) is 6. The van der Waals surface area contributed by atoms with Gasteiger partial charge in [-0.1, -0.05) is 0 Å². The van der Waals surface area contributed by atoms with Crippen LogP contribution in [0.4, 0.5) is 4.79 Å². The first-order valence-electron chi connectivity index (χ1n) is 4.52. The Balaban J connectivity index is 3.53. The second kappa shape index (κ2) is 8.05. The van der Waals surface area contributed by atoms with Crippen molar-refractivity contribution in [1.29, 1.82) is 0 Å². The average Bonchev–Trinajstić information content (AvgIpc) is 2.15. The van der Waals surface area contributed by atoms with E-state index in [-0.39, 0.29) is 13.2 Å². The van der Waals surface area contributed by atoms with Gasteiger partial charge in [0, 0.05) is 14.0 Å². The van der Waals surface area contributed by atoms with Gasteiger partial charge in [-0.3, -0.25) is 4.79 Å². The number of hydrogen-bond donors (Lipinski definition) is 0. The zero-order valence-electron chi connectivity index (χ0n) is 9.15. The zero-order valence-corrected chi connectivity index (χ0v) is 9.15. The third kappa shape index (κ3) is 9.01. The molecule has 1 unspecified atom stereocenters. The molecule has 0 radical (unpaired) electrons. The Bertz CT molecular complexity index is 203. The van der Waals surface area contributed by atoms with Crippen LogP contribution in [0.15, 0.2) is 0 Å². The van der Waals surface area contributed by atoms with Crippen molar-refractivity contribution in [3.05, 3.63) is 0 Å². The van der Waals surface area contributed by atoms with Gasteiger partial charge in [-0.25, -0.2) is 4.79 Å². The molecule has 0 aliphatic carbocycles. The van der Waals surface area contributed by atoms with Crippen LogP contribution in [0.3, 0.4) is 0 Å². The number of ether oxygens (including phenoxy) is 4. The highest BCUT2D eigenvalue weighted by molar-refractivity contribution is 5.66. The Kier molecular flexibility index (Phi) is 7.35. The lowest BCUT2D eigenvalue weighted by Crippen LogP contribution is -2.23. The molecule has 6 heteroatoms. The van der Waals surface area contributed by atoms with Crippen LogP contribution in [0.5, 0.6) is 0 Å². The smallest absolute Gasteiger partial charge is 0.462 e. The summed E-state index contributed by atoms with van der Waals surface area (Å²) in [6.45, 7) is 3.35. The van der Waals surface area contributed by atoms with E-state index in [9.17, 15) is 9.59 Å². The minimum atomic E-state index is -0.799. The van der Waals surface area contributed by atoms with E-state index in [0.717, 1.165) is 0 Å². The molecule has 6 nitrogen and oxygen atoms in total. The molecule has 0 aliphatic heterocycles. The Morgan fingerprint density at radius 2 is 1.87 bits per heavy atom. The van der Waals surface area contributed by atoms with Gasteiger partial charge in [-0.15, -0.1) is 0 Å². The van der Waals surface area contributed by atoms with Crippen LogP contribution in [-0.2, 0) is 23.7 Å². The lowest BCUT2D eigenvalue weighted by Gasteiger charge is -2.12. The molecule has 0 aliphatic rings. The quantitative estimate of drug-likeness (QED) is 0.485. The summed E-state index contributed by atoms with van der Waals surface area (Å²) in [6.07, 6.45) is -1.32. The van der Waals surface area contributed by atoms with Crippen molar-refractivity contribution in [1.82, 2.24) is 0 Å². The first kappa shape index (κ1) is 13.7. The van der Waals surface area contributed by atoms with Gasteiger partial charge in [-0.2, -0.15) is 0 Å². The van der Waals surface area contributed by atoms with Crippen LogP contribution in [0.25, 0.3) is 0 Å². The summed E-state index contributed by atoms with van der Waals surface area (Å²) in [4.78, 5) is 21.4. The van der Waals surface area contributed by atoms with Gasteiger partial charge in [0.05, 0.1) is 6.61 Å². The fourth-order valence-corrected chi connectivity index (χ4v) is 0.675. The van der Waals surface area contributed by atoms with Gasteiger partial charge in [0.1, 0.15) is 19.3 Å². The van der Waals surface area contributed by atoms with E-state index in [1.54, 1.807) is 6.92 Å². The van der Waals surface area contributed by atoms with E-state index >= 15 is 0 Å². The van der Waals surface area contributed by atoms with Gasteiger partial charge in [-0.05, 0) is 6.92 Å². The van der Waals surface area contributed by atoms with E-state index in [0.29, 0.717) is 6.61 Å². The van der Waals surface area contributed by atoms with Crippen molar-refractivity contribution in [3.63, 3.8) is 0 Å². The molecule has 0 bridgehead atoms. The van der Waals surface area contributed by atoms with Crippen LogP contribution in [0, 0.1) is 0 Å². The van der Waals surface area contributed by atoms with Crippen LogP contribution in [0.1, 0.15) is 13.8 Å². The number of esters is 1. The fourth-order valence-electron chi connectivity index (χ4n) is 0.675. The van der Waals surface area contributed by atoms with E-state index in [4.69, 9.17) is 4.74 Å². The molecule has 88 valence electrons. The normalized spacial score (nSPS) is 11.7. The van der Waals surface area contributed by atoms with Crippen molar-refractivity contribution >= 4 is 12.1 Å². The molecule has 0 N–H and O–H groups in total. The van der Waals surface area contributed by atoms with Gasteiger partial charge in [0.25, 0.3) is 0 Å². The monoisotopic (exact) mass is 220 g/mol. The maximum atomic E-state index is 10.9. The predicted octanol–water partition coefficient (Wildman–Crippen LogP) is 0.738. The molecule has 1 atom stereocenters. The molecule has 0 heterocycles. The van der Waals surface area contributed by atoms with Gasteiger partial charge in [0.15, 0.2) is 0 Å². The summed E-state index contributed by atoms with van der Waals surface area (Å²) in [5.41, 5.74) is 0. The number of carbonyl (C=O) groups is 2. The van der Waals surface area contributed by atoms with Crippen molar-refractivity contribution in [2.45, 2.75) is 20.0 Å². The third-order valence-corrected chi connectivity index (χ3v) is 1.33. The average molecular weight is 220 g/mol. The summed E-state index contributed by atoms with van der Waals surface area (Å²) >= 11 is 0. The maximum absolute atomic E-state index is 10.9. The molecule has 0 aromatic heterocycles. The molecule has 0 amide bonds. The molecule has 0 saturated heterocycles. The molecular weight excluding hydrogens is 204 g/mol. The van der Waals surface area contributed by atoms with Gasteiger partial charge >= 0.3 is 12.1 Å². The first-order valence-corrected chi connectivity index (χ1v) is 4.52. The van der Waals surface area contributed by atoms with E-state index in [2.05, 4.69) is 14.2 Å². The number of carbonyl (C=O) groups excluding carboxylic acids is 2. The summed E-state index contributed by atoms with van der Waals surface area (Å²) in [7, 11) is 1.50. The summed E-state index contributed by atoms with van der Waals surface area (Å²) < 4.78 is 18.7. The molecule has 0 aromatic carbocycles. The van der Waals surface area contributed by atoms with Crippen LogP contribution >= 0.6 is 0 Å². The zero-order chi connectivity index (χ0) is 11.7. The minimum absolute atomic E-state index is 0.0225. The van der Waals surface area contributed by atoms with E-state index in [1.165, 1.54) is 14.0 Å². The third-order valence-electron chi connectivity index (χ3n) is 1.33. The van der Waals surface area contributed by atoms with Crippen LogP contribution < -0.4 is 0 Å². The predicted molar refractivity (Wildman–Crippen MR) is 50.4 cm³/mol. The van der Waals surface area contributed by atoms with Gasteiger partial charge < -0.3 is 18.9 Å². The standard InChI is InChI=1S/C9H16O6/c1-7(6-14-8(2)10)15-9(11)13-5-4-12-3/h7H,4-6H2,1-3H3. The molecule has 0 saturated carbocycles. The number of methoxy groups -OCH3 is 1. The fraction of sp³-hybridized carbons (Fsp3) is 0.778. The SMILES string of the molecule is COCCOC(=O)OC(C)COC(C)=O. The van der Waals surface area contributed by atoms with Crippen molar-refractivity contribution in [3.8, 4) is 0 Å². The lowest BCUT2D eigenvalue weighted by atomic mass is 10.4. The number of rotatable bonds is 6. The highest BCUT2D eigenvalue weighted by atomic mass is 16.7. The Morgan fingerprint density at radius 1 is 1.20 bits per heavy atom. The second-order valence-electron chi connectivity index (χ2n) is 2.82. The molecule has 0 aromatic rings. The van der Waals surface area contributed by atoms with Crippen LogP contribution in [-0.4, -0.2) is 45.2 Å². The van der Waals surface area contributed by atoms with Crippen molar-refractivity contribution in [2.24, 2.45) is 0 Å². The molecule has 15 heavy (non-hydrogen) atoms. The summed E-state index contributed by atoms with van der Waals surface area (Å²) in [5, 5.41) is 0. The van der Waals surface area contributed by atoms with E-state index < -0.39 is 18.2 Å². The molecule has 0 spiro atoms. The Labute approximate surface area is 88.4 Å². The highest BCUT2D eigenvalue weighted by Gasteiger charge is 2.11. The Morgan fingerprint density at radius 3 is 2.40 bits per heavy atom. The van der Waals surface area contributed by atoms with Crippen molar-refractivity contribution in [2.75, 3.05) is 26.9 Å². The maximum Gasteiger partial charge on any atom is 0.508 e. The van der Waals surface area contributed by atoms with E-state index in [1.807, 2.05) is 0 Å². The summed E-state index contributed by atoms with van der Waals surface area (Å²) in [6, 6.07) is 0. The molecular formula is C9H16O6. The Hall–Kier alpha value is -1.30. The molecule has 0 rings (SSSR count). The lowest BCUT2D eigenvalue weighted by molar-refractivity contribution is -0.144. The summed E-state index contributed by atoms with van der Waals surface area (Å²) in [5.74, 6) is -0.418. The van der Waals surface area contributed by atoms with Gasteiger partial charge in [0.2, 0.25) is 0 Å². The first-order chi connectivity index (χ1) is 7.06. The topological polar surface area (TPSA) is 71.1 Å². The molecule has 0 fully saturated rings. The second-order valence-corrected chi connectivity index (χ2v) is 2.82. The highest BCUT2D eigenvalue weighted by Crippen LogP contribution is 1.96. The van der Waals surface area contributed by atoms with Crippen molar-refractivity contribution < 1.29 is 28.5 Å². The minimum Gasteiger partial charge on any atom is -0.462 e.